The summed E-state index contributed by atoms with van der Waals surface area (Å²) in [6.45, 7) is 21.8. The minimum absolute atomic E-state index is 0.000497. The van der Waals surface area contributed by atoms with E-state index in [1.807, 2.05) is 109 Å². The number of ketones is 1. The van der Waals surface area contributed by atoms with Crippen LogP contribution >= 0.6 is 0 Å². The first-order valence-electron chi connectivity index (χ1n) is 26.5. The van der Waals surface area contributed by atoms with Gasteiger partial charge in [-0.1, -0.05) is 142 Å². The summed E-state index contributed by atoms with van der Waals surface area (Å²) in [5, 5.41) is 3.26. The molecule has 1 aliphatic heterocycles. The number of carbonyl (C=O) groups excluding carboxylic acids is 7. The summed E-state index contributed by atoms with van der Waals surface area (Å²) in [5.74, 6) is -4.67. The highest BCUT2D eigenvalue weighted by Gasteiger charge is 2.42. The summed E-state index contributed by atoms with van der Waals surface area (Å²) in [6.07, 6.45) is 2.82. The molecule has 0 radical (unpaired) electrons. The number of allylic oxidation sites excluding steroid dienone is 4. The highest BCUT2D eigenvalue weighted by Crippen LogP contribution is 2.29. The van der Waals surface area contributed by atoms with Gasteiger partial charge in [0.2, 0.25) is 0 Å². The molecule has 1 aliphatic carbocycles. The second-order valence-electron chi connectivity index (χ2n) is 20.6. The van der Waals surface area contributed by atoms with Crippen LogP contribution in [-0.4, -0.2) is 112 Å². The molecule has 1 heterocycles. The number of nitrogens with zero attached hydrogens (tertiary/aromatic N) is 2. The minimum Gasteiger partial charge on any atom is -0.479 e. The van der Waals surface area contributed by atoms with Gasteiger partial charge in [0.1, 0.15) is 57.1 Å². The van der Waals surface area contributed by atoms with E-state index >= 15 is 0 Å². The van der Waals surface area contributed by atoms with Crippen LogP contribution < -0.4 is 5.32 Å². The topological polar surface area (TPSA) is 230 Å². The summed E-state index contributed by atoms with van der Waals surface area (Å²) >= 11 is 0. The molecule has 84 heavy (non-hydrogen) atoms. The Morgan fingerprint density at radius 3 is 1.20 bits per heavy atom. The number of ether oxygens (including phenoxy) is 8. The van der Waals surface area contributed by atoms with Crippen molar-refractivity contribution in [3.8, 4) is 22.3 Å². The van der Waals surface area contributed by atoms with Gasteiger partial charge in [-0.25, -0.2) is 38.8 Å². The molecule has 0 spiro atoms. The van der Waals surface area contributed by atoms with Crippen LogP contribution in [0.1, 0.15) is 52.7 Å². The number of nitrogens with one attached hydrogen (secondary N) is 1. The normalized spacial score (nSPS) is 14.2. The third-order valence-corrected chi connectivity index (χ3v) is 12.7. The summed E-state index contributed by atoms with van der Waals surface area (Å²) in [4.78, 5) is 102. The number of benzene rings is 4. The Hall–Kier alpha value is -9.81. The molecule has 0 amide bonds. The van der Waals surface area contributed by atoms with Crippen molar-refractivity contribution < 1.29 is 71.5 Å². The molecule has 1 atom stereocenters. The van der Waals surface area contributed by atoms with Crippen molar-refractivity contribution in [2.24, 2.45) is 20.8 Å². The first-order chi connectivity index (χ1) is 40.0. The standard InChI is InChI=1S/C66H67N3O15/c1-41(2)59(71)78-35-65(36-79-60(72)42(3)4,37-80-61(73)43(5)6)33-77-34-66(38-81-62(74)44(7)8,39-82-63(75)45(9)10)40-83-64(76)46(11)84-53-30-31-54(55(70)32-53)58-68-56(51-26-22-49(23-27-51)47-18-14-12-15-19-47)67-57(69-58)52-28-24-50(25-29-52)48-20-16-13-17-21-48/h12-32,46H,1,3,5,7,9,33-40H2,2,4,6,8,10-11H3,(H,67,68,69). The predicted octanol–water partition coefficient (Wildman–Crippen LogP) is 9.59. The largest absolute Gasteiger partial charge is 0.479 e. The lowest BCUT2D eigenvalue weighted by Gasteiger charge is -2.35. The molecule has 0 aromatic heterocycles. The highest BCUT2D eigenvalue weighted by atomic mass is 16.6. The van der Waals surface area contributed by atoms with Crippen molar-refractivity contribution in [3.63, 3.8) is 0 Å². The van der Waals surface area contributed by atoms with Crippen molar-refractivity contribution in [1.29, 1.82) is 0 Å². The van der Waals surface area contributed by atoms with Gasteiger partial charge < -0.3 is 43.2 Å². The maximum atomic E-state index is 14.1. The lowest BCUT2D eigenvalue weighted by Crippen LogP contribution is -2.47. The van der Waals surface area contributed by atoms with Crippen LogP contribution in [0.15, 0.2) is 215 Å². The fraction of sp³-hybridized carbons (Fsp3) is 0.258. The number of hydrogen-bond donors (Lipinski definition) is 1. The van der Waals surface area contributed by atoms with Crippen LogP contribution in [0.3, 0.4) is 0 Å². The SMILES string of the molecule is C=C(C)C(=O)OCC(COCC(COC(=O)C(=C)C)(COC(=O)C(=C)C)COC(=O)C(C)OC1=CC(=O)C(=C2N=C(c3ccc(-c4ccccc4)cc3)N=C(c3ccc(-c4ccccc4)cc3)N2)C=C1)(COC(=O)C(=C)C)COC(=O)C(=C)C. The van der Waals surface area contributed by atoms with Crippen LogP contribution in [0.5, 0.6) is 0 Å². The van der Waals surface area contributed by atoms with Crippen LogP contribution in [-0.2, 0) is 71.5 Å². The average Bonchev–Trinajstić information content (AvgIpc) is 3.60. The van der Waals surface area contributed by atoms with Crippen molar-refractivity contribution >= 4 is 53.3 Å². The van der Waals surface area contributed by atoms with E-state index in [0.717, 1.165) is 27.8 Å². The van der Waals surface area contributed by atoms with E-state index < -0.39 is 111 Å². The van der Waals surface area contributed by atoms with Gasteiger partial charge in [0.05, 0.1) is 29.6 Å². The molecule has 4 aromatic rings. The van der Waals surface area contributed by atoms with Crippen LogP contribution in [0.25, 0.3) is 22.3 Å². The van der Waals surface area contributed by atoms with E-state index in [4.69, 9.17) is 47.9 Å². The Bertz CT molecular complexity index is 3280. The monoisotopic (exact) mass is 1140 g/mol. The van der Waals surface area contributed by atoms with Crippen molar-refractivity contribution in [1.82, 2.24) is 5.32 Å². The fourth-order valence-corrected chi connectivity index (χ4v) is 7.75. The number of esters is 6. The first kappa shape index (κ1) is 63.4. The smallest absolute Gasteiger partial charge is 0.347 e. The van der Waals surface area contributed by atoms with Gasteiger partial charge in [0, 0.05) is 45.1 Å². The lowest BCUT2D eigenvalue weighted by molar-refractivity contribution is -0.174. The van der Waals surface area contributed by atoms with Crippen LogP contribution in [0.4, 0.5) is 0 Å². The molecule has 0 fully saturated rings. The number of rotatable bonds is 28. The second kappa shape index (κ2) is 29.3. The quantitative estimate of drug-likeness (QED) is 0.0317. The molecule has 0 bridgehead atoms. The molecule has 1 unspecified atom stereocenters. The summed E-state index contributed by atoms with van der Waals surface area (Å²) in [7, 11) is 0. The van der Waals surface area contributed by atoms with Crippen molar-refractivity contribution in [3.05, 3.63) is 216 Å². The fourth-order valence-electron chi connectivity index (χ4n) is 7.75. The number of hydrogen-bond acceptors (Lipinski definition) is 18. The minimum atomic E-state index is -1.72. The molecule has 0 saturated heterocycles. The Morgan fingerprint density at radius 2 is 0.821 bits per heavy atom. The maximum absolute atomic E-state index is 14.1. The van der Waals surface area contributed by atoms with Crippen molar-refractivity contribution in [2.45, 2.75) is 47.6 Å². The van der Waals surface area contributed by atoms with Gasteiger partial charge in [-0.2, -0.15) is 0 Å². The lowest BCUT2D eigenvalue weighted by atomic mass is 9.90. The summed E-state index contributed by atoms with van der Waals surface area (Å²) in [6, 6.07) is 35.4. The molecular weight excluding hydrogens is 1070 g/mol. The van der Waals surface area contributed by atoms with E-state index in [9.17, 15) is 33.6 Å². The number of aliphatic imine (C=N–C) groups is 2. The molecule has 2 aliphatic rings. The number of amidine groups is 2. The molecule has 18 nitrogen and oxygen atoms in total. The molecule has 18 heteroatoms. The summed E-state index contributed by atoms with van der Waals surface area (Å²) in [5.41, 5.74) is 2.40. The van der Waals surface area contributed by atoms with E-state index in [1.54, 1.807) is 0 Å². The zero-order valence-corrected chi connectivity index (χ0v) is 47.9. The number of carbonyl (C=O) groups is 7. The Balaban J connectivity index is 1.25. The van der Waals surface area contributed by atoms with Gasteiger partial charge in [0.15, 0.2) is 17.7 Å². The molecule has 6 rings (SSSR count). The third-order valence-electron chi connectivity index (χ3n) is 12.7. The van der Waals surface area contributed by atoms with Gasteiger partial charge in [-0.15, -0.1) is 0 Å². The molecule has 1 N–H and O–H groups in total. The van der Waals surface area contributed by atoms with Crippen LogP contribution in [0.2, 0.25) is 0 Å². The van der Waals surface area contributed by atoms with E-state index in [2.05, 4.69) is 38.2 Å². The first-order valence-corrected chi connectivity index (χ1v) is 26.5. The Morgan fingerprint density at radius 1 is 0.464 bits per heavy atom. The molecule has 0 saturated carbocycles. The average molecular weight is 1140 g/mol. The zero-order valence-electron chi connectivity index (χ0n) is 47.9. The maximum Gasteiger partial charge on any atom is 0.347 e. The Kier molecular flexibility index (Phi) is 22.1. The third kappa shape index (κ3) is 17.8. The van der Waals surface area contributed by atoms with Crippen LogP contribution in [0, 0.1) is 10.8 Å². The Labute approximate surface area is 488 Å². The molecular formula is C66H67N3O15. The highest BCUT2D eigenvalue weighted by molar-refractivity contribution is 6.16. The van der Waals surface area contributed by atoms with Gasteiger partial charge in [0.25, 0.3) is 0 Å². The van der Waals surface area contributed by atoms with E-state index in [0.29, 0.717) is 17.2 Å². The van der Waals surface area contributed by atoms with Gasteiger partial charge in [-0.05, 0) is 75.9 Å². The zero-order chi connectivity index (χ0) is 61.1. The van der Waals surface area contributed by atoms with E-state index in [1.165, 1.54) is 59.8 Å². The van der Waals surface area contributed by atoms with Gasteiger partial charge in [-0.3, -0.25) is 4.79 Å². The van der Waals surface area contributed by atoms with E-state index in [-0.39, 0.29) is 45.0 Å². The molecule has 436 valence electrons. The van der Waals surface area contributed by atoms with Gasteiger partial charge >= 0.3 is 35.8 Å². The summed E-state index contributed by atoms with van der Waals surface area (Å²) < 4.78 is 45.7. The second-order valence-corrected chi connectivity index (χ2v) is 20.6. The van der Waals surface area contributed by atoms with Crippen molar-refractivity contribution in [2.75, 3.05) is 52.9 Å². The molecule has 4 aromatic carbocycles. The predicted molar refractivity (Wildman–Crippen MR) is 315 cm³/mol.